The van der Waals surface area contributed by atoms with Crippen molar-refractivity contribution in [2.24, 2.45) is 0 Å². The van der Waals surface area contributed by atoms with Crippen LogP contribution in [0.3, 0.4) is 0 Å². The molecule has 0 atom stereocenters. The van der Waals surface area contributed by atoms with Crippen LogP contribution in [0.5, 0.6) is 0 Å². The van der Waals surface area contributed by atoms with Crippen LogP contribution < -0.4 is 10.6 Å². The fraction of sp³-hybridized carbons (Fsp3) is 0.333. The molecule has 0 aliphatic carbocycles. The topological polar surface area (TPSA) is 64.3 Å². The molecule has 94 valence electrons. The summed E-state index contributed by atoms with van der Waals surface area (Å²) >= 11 is 1.61. The molecule has 1 saturated heterocycles. The van der Waals surface area contributed by atoms with Crippen LogP contribution in [-0.2, 0) is 4.74 Å². The van der Waals surface area contributed by atoms with Gasteiger partial charge in [0.1, 0.15) is 5.01 Å². The first-order valence-corrected chi connectivity index (χ1v) is 6.67. The molecule has 1 fully saturated rings. The maximum atomic E-state index is 5.67. The van der Waals surface area contributed by atoms with Gasteiger partial charge in [0.15, 0.2) is 0 Å². The lowest BCUT2D eigenvalue weighted by atomic mass is 10.2. The number of morpholine rings is 1. The molecule has 3 rings (SSSR count). The van der Waals surface area contributed by atoms with Crippen molar-refractivity contribution in [1.29, 1.82) is 0 Å². The zero-order valence-electron chi connectivity index (χ0n) is 9.87. The van der Waals surface area contributed by atoms with Crippen molar-refractivity contribution in [2.75, 3.05) is 36.9 Å². The number of hydrogen-bond donors (Lipinski definition) is 1. The Hall–Kier alpha value is -1.66. The summed E-state index contributed by atoms with van der Waals surface area (Å²) in [6.07, 6.45) is 0. The Bertz CT molecular complexity index is 519. The number of anilines is 2. The number of nitrogens with zero attached hydrogens (tertiary/aromatic N) is 3. The van der Waals surface area contributed by atoms with Gasteiger partial charge in [-0.2, -0.15) is 0 Å². The van der Waals surface area contributed by atoms with E-state index in [4.69, 9.17) is 10.5 Å². The minimum atomic E-state index is 0.761. The molecule has 1 aliphatic heterocycles. The second-order valence-corrected chi connectivity index (χ2v) is 5.07. The van der Waals surface area contributed by atoms with Crippen molar-refractivity contribution in [3.8, 4) is 10.6 Å². The summed E-state index contributed by atoms with van der Waals surface area (Å²) in [7, 11) is 0. The van der Waals surface area contributed by atoms with Crippen molar-refractivity contribution in [2.45, 2.75) is 0 Å². The molecule has 6 heteroatoms. The summed E-state index contributed by atoms with van der Waals surface area (Å²) in [6.45, 7) is 3.29. The zero-order valence-corrected chi connectivity index (χ0v) is 10.7. The first kappa shape index (κ1) is 11.4. The molecule has 1 aromatic carbocycles. The van der Waals surface area contributed by atoms with Crippen molar-refractivity contribution in [1.82, 2.24) is 10.2 Å². The van der Waals surface area contributed by atoms with Crippen molar-refractivity contribution in [3.05, 3.63) is 24.3 Å². The van der Waals surface area contributed by atoms with E-state index in [1.807, 2.05) is 24.3 Å². The van der Waals surface area contributed by atoms with Crippen LogP contribution in [0.1, 0.15) is 0 Å². The maximum Gasteiger partial charge on any atom is 0.208 e. The number of hydrogen-bond acceptors (Lipinski definition) is 6. The molecular weight excluding hydrogens is 248 g/mol. The van der Waals surface area contributed by atoms with Crippen LogP contribution in [0.2, 0.25) is 0 Å². The fourth-order valence-electron chi connectivity index (χ4n) is 1.84. The van der Waals surface area contributed by atoms with Crippen molar-refractivity contribution < 1.29 is 4.74 Å². The summed E-state index contributed by atoms with van der Waals surface area (Å²) in [4.78, 5) is 2.21. The Labute approximate surface area is 109 Å². The van der Waals surface area contributed by atoms with E-state index in [-0.39, 0.29) is 0 Å². The van der Waals surface area contributed by atoms with E-state index in [2.05, 4.69) is 15.1 Å². The lowest BCUT2D eigenvalue weighted by Crippen LogP contribution is -2.36. The number of nitrogens with two attached hydrogens (primary N) is 1. The SMILES string of the molecule is Nc1ccc(-c2nnc(N3CCOCC3)s2)cc1. The van der Waals surface area contributed by atoms with Crippen LogP contribution in [0.4, 0.5) is 10.8 Å². The summed E-state index contributed by atoms with van der Waals surface area (Å²) < 4.78 is 5.33. The predicted octanol–water partition coefficient (Wildman–Crippen LogP) is 1.62. The molecule has 5 nitrogen and oxygen atoms in total. The van der Waals surface area contributed by atoms with Gasteiger partial charge in [0.25, 0.3) is 0 Å². The molecule has 1 aromatic heterocycles. The molecule has 2 heterocycles. The smallest absolute Gasteiger partial charge is 0.208 e. The van der Waals surface area contributed by atoms with Gasteiger partial charge in [0.05, 0.1) is 13.2 Å². The summed E-state index contributed by atoms with van der Waals surface area (Å²) in [5, 5.41) is 10.4. The van der Waals surface area contributed by atoms with Gasteiger partial charge in [0.2, 0.25) is 5.13 Å². The maximum absolute atomic E-state index is 5.67. The lowest BCUT2D eigenvalue weighted by molar-refractivity contribution is 0.122. The van der Waals surface area contributed by atoms with Gasteiger partial charge in [-0.05, 0) is 24.3 Å². The highest BCUT2D eigenvalue weighted by Crippen LogP contribution is 2.29. The summed E-state index contributed by atoms with van der Waals surface area (Å²) in [5.74, 6) is 0. The average molecular weight is 262 g/mol. The molecule has 0 spiro atoms. The lowest BCUT2D eigenvalue weighted by Gasteiger charge is -2.25. The van der Waals surface area contributed by atoms with E-state index in [0.717, 1.165) is 47.7 Å². The fourth-order valence-corrected chi connectivity index (χ4v) is 2.74. The average Bonchev–Trinajstić information content (AvgIpc) is 2.90. The summed E-state index contributed by atoms with van der Waals surface area (Å²) in [5.41, 5.74) is 7.49. The Morgan fingerprint density at radius 1 is 1.11 bits per heavy atom. The molecule has 0 saturated carbocycles. The van der Waals surface area contributed by atoms with Gasteiger partial charge in [-0.1, -0.05) is 11.3 Å². The van der Waals surface area contributed by atoms with E-state index >= 15 is 0 Å². The molecule has 0 amide bonds. The molecule has 18 heavy (non-hydrogen) atoms. The van der Waals surface area contributed by atoms with Crippen LogP contribution in [0.15, 0.2) is 24.3 Å². The van der Waals surface area contributed by atoms with Crippen molar-refractivity contribution in [3.63, 3.8) is 0 Å². The Morgan fingerprint density at radius 3 is 2.56 bits per heavy atom. The molecular formula is C12H14N4OS. The van der Waals surface area contributed by atoms with Gasteiger partial charge < -0.3 is 15.4 Å². The second kappa shape index (κ2) is 4.91. The molecule has 0 radical (unpaired) electrons. The molecule has 2 aromatic rings. The predicted molar refractivity (Wildman–Crippen MR) is 72.8 cm³/mol. The summed E-state index contributed by atoms with van der Waals surface area (Å²) in [6, 6.07) is 7.70. The van der Waals surface area contributed by atoms with Gasteiger partial charge in [-0.25, -0.2) is 0 Å². The van der Waals surface area contributed by atoms with Gasteiger partial charge >= 0.3 is 0 Å². The highest BCUT2D eigenvalue weighted by molar-refractivity contribution is 7.18. The third-order valence-corrected chi connectivity index (χ3v) is 3.89. The Morgan fingerprint density at radius 2 is 1.83 bits per heavy atom. The first-order chi connectivity index (χ1) is 8.83. The third-order valence-electron chi connectivity index (χ3n) is 2.85. The number of ether oxygens (including phenoxy) is 1. The van der Waals surface area contributed by atoms with Gasteiger partial charge in [-0.15, -0.1) is 10.2 Å². The monoisotopic (exact) mass is 262 g/mol. The third kappa shape index (κ3) is 2.30. The number of rotatable bonds is 2. The van der Waals surface area contributed by atoms with Crippen LogP contribution in [-0.4, -0.2) is 36.5 Å². The largest absolute Gasteiger partial charge is 0.399 e. The minimum absolute atomic E-state index is 0.761. The molecule has 0 unspecified atom stereocenters. The van der Waals surface area contributed by atoms with Gasteiger partial charge in [0, 0.05) is 24.3 Å². The van der Waals surface area contributed by atoms with E-state index in [9.17, 15) is 0 Å². The van der Waals surface area contributed by atoms with Crippen LogP contribution in [0.25, 0.3) is 10.6 Å². The molecule has 0 bridgehead atoms. The normalized spacial score (nSPS) is 15.9. The molecule has 2 N–H and O–H groups in total. The van der Waals surface area contributed by atoms with Crippen LogP contribution in [0, 0.1) is 0 Å². The number of aromatic nitrogens is 2. The Balaban J connectivity index is 1.82. The van der Waals surface area contributed by atoms with E-state index in [0.29, 0.717) is 0 Å². The Kier molecular flexibility index (Phi) is 3.12. The van der Waals surface area contributed by atoms with Gasteiger partial charge in [-0.3, -0.25) is 0 Å². The zero-order chi connectivity index (χ0) is 12.4. The van der Waals surface area contributed by atoms with Crippen molar-refractivity contribution >= 4 is 22.2 Å². The molecule has 1 aliphatic rings. The van der Waals surface area contributed by atoms with E-state index < -0.39 is 0 Å². The number of nitrogen functional groups attached to an aromatic ring is 1. The van der Waals surface area contributed by atoms with Crippen LogP contribution >= 0.6 is 11.3 Å². The van der Waals surface area contributed by atoms with E-state index in [1.165, 1.54) is 0 Å². The minimum Gasteiger partial charge on any atom is -0.399 e. The highest BCUT2D eigenvalue weighted by atomic mass is 32.1. The van der Waals surface area contributed by atoms with E-state index in [1.54, 1.807) is 11.3 Å². The second-order valence-electron chi connectivity index (χ2n) is 4.11. The quantitative estimate of drug-likeness (QED) is 0.833. The standard InChI is InChI=1S/C12H14N4OS/c13-10-3-1-9(2-4-10)11-14-15-12(18-11)16-5-7-17-8-6-16/h1-4H,5-8,13H2. The highest BCUT2D eigenvalue weighted by Gasteiger charge is 2.16. The number of benzene rings is 1. The first-order valence-electron chi connectivity index (χ1n) is 5.85.